The highest BCUT2D eigenvalue weighted by Crippen LogP contribution is 2.25. The van der Waals surface area contributed by atoms with E-state index < -0.39 is 0 Å². The summed E-state index contributed by atoms with van der Waals surface area (Å²) in [7, 11) is 0. The lowest BCUT2D eigenvalue weighted by Gasteiger charge is -2.18. The van der Waals surface area contributed by atoms with Crippen molar-refractivity contribution in [2.75, 3.05) is 0 Å². The standard InChI is InChI=1S/C14H22ClN5O/c1-6-19-14-12(9(4)18-19)17-11(7-15)20(14)10(5)13(21)16-8(2)3/h8,10H,6-7H2,1-5H3,(H,16,21). The lowest BCUT2D eigenvalue weighted by Crippen LogP contribution is -2.36. The van der Waals surface area contributed by atoms with Gasteiger partial charge < -0.3 is 5.32 Å². The van der Waals surface area contributed by atoms with Crippen LogP contribution in [-0.4, -0.2) is 31.3 Å². The van der Waals surface area contributed by atoms with Crippen LogP contribution in [0.4, 0.5) is 0 Å². The third kappa shape index (κ3) is 2.77. The second-order valence-corrected chi connectivity index (χ2v) is 5.71. The minimum atomic E-state index is -0.382. The van der Waals surface area contributed by atoms with Crippen molar-refractivity contribution >= 4 is 28.7 Å². The maximum absolute atomic E-state index is 12.3. The number of imidazole rings is 1. The molecule has 7 heteroatoms. The molecule has 1 unspecified atom stereocenters. The Bertz CT molecular complexity index is 658. The smallest absolute Gasteiger partial charge is 0.243 e. The molecule has 116 valence electrons. The molecule has 0 aromatic carbocycles. The molecule has 2 aromatic rings. The van der Waals surface area contributed by atoms with Crippen LogP contribution in [0.2, 0.25) is 0 Å². The number of fused-ring (bicyclic) bond motifs is 1. The van der Waals surface area contributed by atoms with Crippen molar-refractivity contribution in [1.29, 1.82) is 0 Å². The van der Waals surface area contributed by atoms with Gasteiger partial charge in [-0.05, 0) is 34.6 Å². The van der Waals surface area contributed by atoms with Crippen LogP contribution in [0.15, 0.2) is 0 Å². The molecule has 2 aromatic heterocycles. The Morgan fingerprint density at radius 2 is 2.05 bits per heavy atom. The van der Waals surface area contributed by atoms with E-state index in [1.165, 1.54) is 0 Å². The number of hydrogen-bond acceptors (Lipinski definition) is 3. The zero-order valence-corrected chi connectivity index (χ0v) is 13.9. The molecule has 1 atom stereocenters. The quantitative estimate of drug-likeness (QED) is 0.862. The van der Waals surface area contributed by atoms with E-state index >= 15 is 0 Å². The average Bonchev–Trinajstić information content (AvgIpc) is 2.94. The molecule has 0 aliphatic heterocycles. The number of carbonyl (C=O) groups is 1. The normalized spacial score (nSPS) is 13.1. The van der Waals surface area contributed by atoms with E-state index in [0.29, 0.717) is 5.82 Å². The fourth-order valence-electron chi connectivity index (χ4n) is 2.48. The van der Waals surface area contributed by atoms with Gasteiger partial charge in [0.15, 0.2) is 5.65 Å². The summed E-state index contributed by atoms with van der Waals surface area (Å²) in [6.45, 7) is 10.4. The average molecular weight is 312 g/mol. The molecule has 0 fully saturated rings. The third-order valence-corrected chi connectivity index (χ3v) is 3.67. The molecule has 0 radical (unpaired) electrons. The van der Waals surface area contributed by atoms with Gasteiger partial charge in [-0.1, -0.05) is 0 Å². The first-order valence-corrected chi connectivity index (χ1v) is 7.74. The first-order chi connectivity index (χ1) is 9.90. The van der Waals surface area contributed by atoms with Crippen LogP contribution in [0.3, 0.4) is 0 Å². The van der Waals surface area contributed by atoms with Crippen molar-refractivity contribution in [1.82, 2.24) is 24.6 Å². The molecular formula is C14H22ClN5O. The summed E-state index contributed by atoms with van der Waals surface area (Å²) >= 11 is 6.02. The number of carbonyl (C=O) groups excluding carboxylic acids is 1. The largest absolute Gasteiger partial charge is 0.352 e. The predicted molar refractivity (Wildman–Crippen MR) is 83.5 cm³/mol. The van der Waals surface area contributed by atoms with Crippen molar-refractivity contribution in [3.8, 4) is 0 Å². The van der Waals surface area contributed by atoms with E-state index in [4.69, 9.17) is 11.6 Å². The molecule has 2 rings (SSSR count). The summed E-state index contributed by atoms with van der Waals surface area (Å²) < 4.78 is 3.76. The molecule has 6 nitrogen and oxygen atoms in total. The Hall–Kier alpha value is -1.56. The zero-order chi connectivity index (χ0) is 15.7. The highest BCUT2D eigenvalue weighted by Gasteiger charge is 2.25. The first kappa shape index (κ1) is 15.8. The summed E-state index contributed by atoms with van der Waals surface area (Å²) in [5.74, 6) is 0.912. The van der Waals surface area contributed by atoms with E-state index in [2.05, 4.69) is 15.4 Å². The second-order valence-electron chi connectivity index (χ2n) is 5.44. The number of aryl methyl sites for hydroxylation is 2. The van der Waals surface area contributed by atoms with E-state index in [1.54, 1.807) is 0 Å². The molecule has 2 heterocycles. The number of hydrogen-bond donors (Lipinski definition) is 1. The van der Waals surface area contributed by atoms with Gasteiger partial charge in [-0.3, -0.25) is 9.36 Å². The highest BCUT2D eigenvalue weighted by atomic mass is 35.5. The van der Waals surface area contributed by atoms with E-state index in [1.807, 2.05) is 43.9 Å². The van der Waals surface area contributed by atoms with Gasteiger partial charge in [0.25, 0.3) is 0 Å². The van der Waals surface area contributed by atoms with Crippen LogP contribution in [0.5, 0.6) is 0 Å². The van der Waals surface area contributed by atoms with Gasteiger partial charge >= 0.3 is 0 Å². The first-order valence-electron chi connectivity index (χ1n) is 7.21. The number of aromatic nitrogens is 4. The van der Waals surface area contributed by atoms with Gasteiger partial charge in [0.1, 0.15) is 17.4 Å². The van der Waals surface area contributed by atoms with Crippen LogP contribution in [0.25, 0.3) is 11.2 Å². The van der Waals surface area contributed by atoms with Crippen molar-refractivity contribution in [2.24, 2.45) is 0 Å². The minimum Gasteiger partial charge on any atom is -0.352 e. The summed E-state index contributed by atoms with van der Waals surface area (Å²) in [5, 5.41) is 7.40. The van der Waals surface area contributed by atoms with Gasteiger partial charge in [0.05, 0.1) is 11.6 Å². The summed E-state index contributed by atoms with van der Waals surface area (Å²) in [5.41, 5.74) is 2.53. The van der Waals surface area contributed by atoms with E-state index in [-0.39, 0.29) is 23.9 Å². The third-order valence-electron chi connectivity index (χ3n) is 3.43. The fraction of sp³-hybridized carbons (Fsp3) is 0.643. The number of amides is 1. The number of alkyl halides is 1. The summed E-state index contributed by atoms with van der Waals surface area (Å²) in [6, 6.07) is -0.288. The minimum absolute atomic E-state index is 0.0443. The van der Waals surface area contributed by atoms with Crippen molar-refractivity contribution < 1.29 is 4.79 Å². The molecule has 1 N–H and O–H groups in total. The highest BCUT2D eigenvalue weighted by molar-refractivity contribution is 6.16. The van der Waals surface area contributed by atoms with Gasteiger partial charge in [-0.25, -0.2) is 9.67 Å². The zero-order valence-electron chi connectivity index (χ0n) is 13.1. The lowest BCUT2D eigenvalue weighted by atomic mass is 10.2. The fourth-order valence-corrected chi connectivity index (χ4v) is 2.67. The van der Waals surface area contributed by atoms with Crippen molar-refractivity contribution in [2.45, 2.75) is 59.1 Å². The van der Waals surface area contributed by atoms with Crippen LogP contribution < -0.4 is 5.32 Å². The monoisotopic (exact) mass is 311 g/mol. The number of nitrogens with one attached hydrogen (secondary N) is 1. The second kappa shape index (κ2) is 6.05. The molecule has 0 spiro atoms. The lowest BCUT2D eigenvalue weighted by molar-refractivity contribution is -0.124. The molecule has 21 heavy (non-hydrogen) atoms. The van der Waals surface area contributed by atoms with Crippen molar-refractivity contribution in [3.63, 3.8) is 0 Å². The van der Waals surface area contributed by atoms with Crippen LogP contribution in [0, 0.1) is 6.92 Å². The van der Waals surface area contributed by atoms with Gasteiger partial charge in [-0.15, -0.1) is 11.6 Å². The van der Waals surface area contributed by atoms with Crippen LogP contribution in [-0.2, 0) is 17.2 Å². The Morgan fingerprint density at radius 3 is 2.57 bits per heavy atom. The maximum atomic E-state index is 12.3. The Balaban J connectivity index is 2.57. The molecule has 0 saturated carbocycles. The summed E-state index contributed by atoms with van der Waals surface area (Å²) in [6.07, 6.45) is 0. The molecule has 0 aliphatic rings. The van der Waals surface area contributed by atoms with Gasteiger partial charge in [0, 0.05) is 12.6 Å². The molecule has 0 aliphatic carbocycles. The topological polar surface area (TPSA) is 64.7 Å². The van der Waals surface area contributed by atoms with Crippen LogP contribution in [0.1, 0.15) is 45.3 Å². The summed E-state index contributed by atoms with van der Waals surface area (Å²) in [4.78, 5) is 16.9. The number of nitrogens with zero attached hydrogens (tertiary/aromatic N) is 4. The van der Waals surface area contributed by atoms with Crippen molar-refractivity contribution in [3.05, 3.63) is 11.5 Å². The Kier molecular flexibility index (Phi) is 4.56. The molecule has 0 bridgehead atoms. The molecule has 1 amide bonds. The molecule has 0 saturated heterocycles. The number of halogens is 1. The van der Waals surface area contributed by atoms with E-state index in [0.717, 1.165) is 23.4 Å². The predicted octanol–water partition coefficient (Wildman–Crippen LogP) is 2.39. The Labute approximate surface area is 129 Å². The van der Waals surface area contributed by atoms with Crippen LogP contribution >= 0.6 is 11.6 Å². The van der Waals surface area contributed by atoms with Gasteiger partial charge in [-0.2, -0.15) is 5.10 Å². The number of rotatable bonds is 5. The Morgan fingerprint density at radius 1 is 1.38 bits per heavy atom. The van der Waals surface area contributed by atoms with E-state index in [9.17, 15) is 4.79 Å². The molecular weight excluding hydrogens is 290 g/mol. The maximum Gasteiger partial charge on any atom is 0.243 e. The SMILES string of the molecule is CCn1nc(C)c2nc(CCl)n(C(C)C(=O)NC(C)C)c21. The van der Waals surface area contributed by atoms with Gasteiger partial charge in [0.2, 0.25) is 5.91 Å².